The zero-order valence-corrected chi connectivity index (χ0v) is 10.8. The summed E-state index contributed by atoms with van der Waals surface area (Å²) in [6.45, 7) is -2.93. The van der Waals surface area contributed by atoms with Crippen molar-refractivity contribution < 1.29 is 18.3 Å². The highest BCUT2D eigenvalue weighted by atomic mass is 19.3. The third-order valence-corrected chi connectivity index (χ3v) is 2.67. The second kappa shape index (κ2) is 6.65. The number of carbonyl (C=O) groups excluding carboxylic acids is 1. The average Bonchev–Trinajstić information content (AvgIpc) is 2.45. The minimum atomic E-state index is -2.94. The van der Waals surface area contributed by atoms with Gasteiger partial charge in [0.2, 0.25) is 5.56 Å². The van der Waals surface area contributed by atoms with Gasteiger partial charge in [-0.15, -0.1) is 0 Å². The first-order valence-electron chi connectivity index (χ1n) is 6.06. The van der Waals surface area contributed by atoms with E-state index in [9.17, 15) is 18.4 Å². The molecular formula is C14H12F2N2O3. The van der Waals surface area contributed by atoms with Crippen molar-refractivity contribution in [3.05, 3.63) is 64.1 Å². The summed E-state index contributed by atoms with van der Waals surface area (Å²) in [6.07, 6.45) is 1.35. The Bertz CT molecular complexity index is 686. The second-order valence-corrected chi connectivity index (χ2v) is 4.11. The lowest BCUT2D eigenvalue weighted by atomic mass is 10.2. The molecule has 0 radical (unpaired) electrons. The molecule has 1 aromatic heterocycles. The number of hydrogen-bond acceptors (Lipinski definition) is 3. The molecular weight excluding hydrogens is 282 g/mol. The molecule has 0 saturated heterocycles. The summed E-state index contributed by atoms with van der Waals surface area (Å²) in [5, 5.41) is 2.54. The van der Waals surface area contributed by atoms with E-state index in [0.717, 1.165) is 6.07 Å². The van der Waals surface area contributed by atoms with Gasteiger partial charge in [-0.1, -0.05) is 18.2 Å². The number of ether oxygens (including phenoxy) is 1. The molecule has 0 aliphatic heterocycles. The van der Waals surface area contributed by atoms with Crippen LogP contribution in [-0.4, -0.2) is 17.5 Å². The highest BCUT2D eigenvalue weighted by Crippen LogP contribution is 2.19. The zero-order chi connectivity index (χ0) is 15.2. The lowest BCUT2D eigenvalue weighted by Crippen LogP contribution is -2.24. The van der Waals surface area contributed by atoms with Crippen LogP contribution in [0.3, 0.4) is 0 Å². The number of para-hydroxylation sites is 1. The van der Waals surface area contributed by atoms with E-state index in [0.29, 0.717) is 5.56 Å². The number of hydrogen-bond donors (Lipinski definition) is 2. The number of rotatable bonds is 5. The highest BCUT2D eigenvalue weighted by Gasteiger charge is 2.11. The maximum absolute atomic E-state index is 12.3. The Morgan fingerprint density at radius 1 is 1.29 bits per heavy atom. The molecule has 0 unspecified atom stereocenters. The largest absolute Gasteiger partial charge is 0.434 e. The van der Waals surface area contributed by atoms with Crippen LogP contribution in [0.25, 0.3) is 0 Å². The van der Waals surface area contributed by atoms with Crippen LogP contribution in [0, 0.1) is 0 Å². The molecule has 0 atom stereocenters. The third-order valence-electron chi connectivity index (χ3n) is 2.67. The van der Waals surface area contributed by atoms with Crippen molar-refractivity contribution >= 4 is 5.91 Å². The lowest BCUT2D eigenvalue weighted by Gasteiger charge is -2.11. The number of pyridine rings is 1. The van der Waals surface area contributed by atoms with Gasteiger partial charge in [-0.2, -0.15) is 8.78 Å². The van der Waals surface area contributed by atoms with Crippen molar-refractivity contribution in [1.29, 1.82) is 0 Å². The highest BCUT2D eigenvalue weighted by molar-refractivity contribution is 5.93. The first-order chi connectivity index (χ1) is 10.1. The average molecular weight is 294 g/mol. The van der Waals surface area contributed by atoms with Crippen molar-refractivity contribution in [1.82, 2.24) is 10.3 Å². The number of alkyl halides is 2. The van der Waals surface area contributed by atoms with Crippen LogP contribution in [0.2, 0.25) is 0 Å². The van der Waals surface area contributed by atoms with Gasteiger partial charge in [0.1, 0.15) is 5.75 Å². The molecule has 0 fully saturated rings. The summed E-state index contributed by atoms with van der Waals surface area (Å²) in [5.41, 5.74) is 0.200. The zero-order valence-electron chi connectivity index (χ0n) is 10.8. The van der Waals surface area contributed by atoms with E-state index in [2.05, 4.69) is 15.0 Å². The van der Waals surface area contributed by atoms with E-state index in [1.807, 2.05) is 0 Å². The van der Waals surface area contributed by atoms with Crippen molar-refractivity contribution in [3.8, 4) is 5.75 Å². The molecule has 1 aromatic carbocycles. The molecule has 7 heteroatoms. The van der Waals surface area contributed by atoms with Gasteiger partial charge in [0.15, 0.2) is 0 Å². The standard InChI is InChI=1S/C14H12F2N2O3/c15-14(16)21-11-4-2-1-3-10(11)8-18-13(20)9-5-6-17-12(19)7-9/h1-7,14H,8H2,(H,17,19)(H,18,20). The third kappa shape index (κ3) is 4.13. The van der Waals surface area contributed by atoms with E-state index in [1.54, 1.807) is 18.2 Å². The van der Waals surface area contributed by atoms with Crippen LogP contribution >= 0.6 is 0 Å². The molecule has 0 aliphatic rings. The van der Waals surface area contributed by atoms with E-state index < -0.39 is 18.1 Å². The van der Waals surface area contributed by atoms with Crippen LogP contribution in [-0.2, 0) is 6.54 Å². The van der Waals surface area contributed by atoms with E-state index in [1.165, 1.54) is 18.3 Å². The molecule has 21 heavy (non-hydrogen) atoms. The molecule has 2 N–H and O–H groups in total. The van der Waals surface area contributed by atoms with Gasteiger partial charge in [-0.3, -0.25) is 9.59 Å². The van der Waals surface area contributed by atoms with Gasteiger partial charge >= 0.3 is 6.61 Å². The number of nitrogens with one attached hydrogen (secondary N) is 2. The first kappa shape index (κ1) is 14.7. The molecule has 0 bridgehead atoms. The molecule has 2 aromatic rings. The van der Waals surface area contributed by atoms with Crippen LogP contribution in [0.15, 0.2) is 47.4 Å². The quantitative estimate of drug-likeness (QED) is 0.885. The van der Waals surface area contributed by atoms with Gasteiger partial charge in [0.05, 0.1) is 0 Å². The monoisotopic (exact) mass is 294 g/mol. The SMILES string of the molecule is O=C(NCc1ccccc1OC(F)F)c1cc[nH]c(=O)c1. The van der Waals surface area contributed by atoms with E-state index in [-0.39, 0.29) is 17.9 Å². The Hall–Kier alpha value is -2.70. The maximum Gasteiger partial charge on any atom is 0.387 e. The molecule has 2 rings (SSSR count). The fourth-order valence-electron chi connectivity index (χ4n) is 1.72. The second-order valence-electron chi connectivity index (χ2n) is 4.11. The topological polar surface area (TPSA) is 71.2 Å². The molecule has 110 valence electrons. The van der Waals surface area contributed by atoms with Crippen LogP contribution in [0.4, 0.5) is 8.78 Å². The molecule has 0 spiro atoms. The molecule has 0 aliphatic carbocycles. The lowest BCUT2D eigenvalue weighted by molar-refractivity contribution is -0.0504. The summed E-state index contributed by atoms with van der Waals surface area (Å²) in [6, 6.07) is 8.75. The number of halogens is 2. The predicted octanol–water partition coefficient (Wildman–Crippen LogP) is 1.91. The van der Waals surface area contributed by atoms with Crippen molar-refractivity contribution in [2.45, 2.75) is 13.2 Å². The number of amides is 1. The Kier molecular flexibility index (Phi) is 4.65. The van der Waals surface area contributed by atoms with Crippen LogP contribution in [0.1, 0.15) is 15.9 Å². The van der Waals surface area contributed by atoms with Crippen LogP contribution in [0.5, 0.6) is 5.75 Å². The van der Waals surface area contributed by atoms with E-state index >= 15 is 0 Å². The van der Waals surface area contributed by atoms with Crippen molar-refractivity contribution in [3.63, 3.8) is 0 Å². The Labute approximate surface area is 118 Å². The minimum Gasteiger partial charge on any atom is -0.434 e. The summed E-state index contributed by atoms with van der Waals surface area (Å²) in [7, 11) is 0. The molecule has 0 saturated carbocycles. The Morgan fingerprint density at radius 2 is 2.05 bits per heavy atom. The van der Waals surface area contributed by atoms with Crippen molar-refractivity contribution in [2.24, 2.45) is 0 Å². The Morgan fingerprint density at radius 3 is 2.76 bits per heavy atom. The van der Waals surface area contributed by atoms with Crippen LogP contribution < -0.4 is 15.6 Å². The van der Waals surface area contributed by atoms with Gasteiger partial charge in [0.25, 0.3) is 5.91 Å². The number of aromatic nitrogens is 1. The van der Waals surface area contributed by atoms with Gasteiger partial charge in [-0.05, 0) is 12.1 Å². The smallest absolute Gasteiger partial charge is 0.387 e. The van der Waals surface area contributed by atoms with Gasteiger partial charge in [0, 0.05) is 29.9 Å². The Balaban J connectivity index is 2.06. The summed E-state index contributed by atoms with van der Waals surface area (Å²) >= 11 is 0. The summed E-state index contributed by atoms with van der Waals surface area (Å²) < 4.78 is 28.9. The molecule has 5 nitrogen and oxygen atoms in total. The number of carbonyl (C=O) groups is 1. The molecule has 1 amide bonds. The fraction of sp³-hybridized carbons (Fsp3) is 0.143. The number of aromatic amines is 1. The molecule has 1 heterocycles. The predicted molar refractivity (Wildman–Crippen MR) is 71.3 cm³/mol. The van der Waals surface area contributed by atoms with Gasteiger partial charge in [-0.25, -0.2) is 0 Å². The summed E-state index contributed by atoms with van der Waals surface area (Å²) in [5.74, 6) is -0.480. The fourth-order valence-corrected chi connectivity index (χ4v) is 1.72. The van der Waals surface area contributed by atoms with Crippen molar-refractivity contribution in [2.75, 3.05) is 0 Å². The van der Waals surface area contributed by atoms with E-state index in [4.69, 9.17) is 0 Å². The first-order valence-corrected chi connectivity index (χ1v) is 6.06. The number of H-pyrrole nitrogens is 1. The van der Waals surface area contributed by atoms with Gasteiger partial charge < -0.3 is 15.0 Å². The summed E-state index contributed by atoms with van der Waals surface area (Å²) in [4.78, 5) is 25.3. The normalized spacial score (nSPS) is 10.4. The number of benzene rings is 1. The minimum absolute atomic E-state index is 0.00120. The maximum atomic E-state index is 12.3.